The molecule has 0 bridgehead atoms. The summed E-state index contributed by atoms with van der Waals surface area (Å²) in [4.78, 5) is 0. The minimum atomic E-state index is 1.03. The van der Waals surface area contributed by atoms with Crippen LogP contribution in [-0.2, 0) is 5.88 Å². The van der Waals surface area contributed by atoms with Gasteiger partial charge < -0.3 is 4.57 Å². The predicted molar refractivity (Wildman–Crippen MR) is 68.1 cm³/mol. The van der Waals surface area contributed by atoms with Crippen LogP contribution in [0.25, 0.3) is 11.1 Å². The van der Waals surface area contributed by atoms with Crippen LogP contribution in [0.15, 0.2) is 42.6 Å². The molecule has 2 heteroatoms. The van der Waals surface area contributed by atoms with Crippen LogP contribution in [0.5, 0.6) is 0 Å². The van der Waals surface area contributed by atoms with Gasteiger partial charge in [-0.1, -0.05) is 30.3 Å². The Morgan fingerprint density at radius 3 is 2.53 bits per heavy atom. The molecule has 0 spiro atoms. The number of nitrogens with zero attached hydrogens (tertiary/aromatic N) is 1. The van der Waals surface area contributed by atoms with Gasteiger partial charge in [-0.05, 0) is 30.4 Å². The fourth-order valence-corrected chi connectivity index (χ4v) is 2.24. The van der Waals surface area contributed by atoms with E-state index < -0.39 is 0 Å². The van der Waals surface area contributed by atoms with Gasteiger partial charge in [0.25, 0.3) is 0 Å². The molecule has 1 heterocycles. The van der Waals surface area contributed by atoms with E-state index in [1.165, 1.54) is 16.8 Å². The highest BCUT2D eigenvalue weighted by atomic mass is 32.2. The lowest BCUT2D eigenvalue weighted by Gasteiger charge is -2.01. The molecule has 0 amide bonds. The topological polar surface area (TPSA) is 4.93 Å². The summed E-state index contributed by atoms with van der Waals surface area (Å²) in [5.41, 5.74) is 3.92. The first kappa shape index (κ1) is 10.4. The summed E-state index contributed by atoms with van der Waals surface area (Å²) in [6.45, 7) is 2.16. The van der Waals surface area contributed by atoms with Gasteiger partial charge in [0.15, 0.2) is 0 Å². The molecule has 0 radical (unpaired) electrons. The van der Waals surface area contributed by atoms with Crippen molar-refractivity contribution in [3.05, 3.63) is 48.3 Å². The lowest BCUT2D eigenvalue weighted by atomic mass is 10.1. The van der Waals surface area contributed by atoms with Crippen LogP contribution in [0.3, 0.4) is 0 Å². The summed E-state index contributed by atoms with van der Waals surface area (Å²) in [6.07, 6.45) is 4.35. The van der Waals surface area contributed by atoms with E-state index in [1.807, 2.05) is 11.8 Å². The van der Waals surface area contributed by atoms with E-state index in [1.54, 1.807) is 0 Å². The summed E-state index contributed by atoms with van der Waals surface area (Å²) < 4.78 is 2.28. The first-order chi connectivity index (χ1) is 7.31. The summed E-state index contributed by atoms with van der Waals surface area (Å²) in [5, 5.41) is 0. The van der Waals surface area contributed by atoms with E-state index in [0.717, 1.165) is 5.88 Å². The second-order valence-electron chi connectivity index (χ2n) is 3.62. The summed E-state index contributed by atoms with van der Waals surface area (Å²) in [5.74, 6) is 1.03. The predicted octanol–water partition coefficient (Wildman–Crippen LogP) is 3.78. The normalized spacial score (nSPS) is 10.5. The molecule has 0 aliphatic heterocycles. The van der Waals surface area contributed by atoms with Gasteiger partial charge in [-0.3, -0.25) is 0 Å². The van der Waals surface area contributed by atoms with Crippen LogP contribution in [0, 0.1) is 6.92 Å². The standard InChI is InChI=1S/C13H15NS/c1-11-8-13(9-14(11)10-15-2)12-6-4-3-5-7-12/h3-9H,10H2,1-2H3. The molecule has 0 saturated carbocycles. The molecule has 2 aromatic rings. The SMILES string of the molecule is CSCn1cc(-c2ccccc2)cc1C. The highest BCUT2D eigenvalue weighted by Crippen LogP contribution is 2.22. The third-order valence-corrected chi connectivity index (χ3v) is 3.02. The Hall–Kier alpha value is -1.15. The van der Waals surface area contributed by atoms with Gasteiger partial charge in [0.05, 0.1) is 5.88 Å². The Morgan fingerprint density at radius 1 is 1.13 bits per heavy atom. The van der Waals surface area contributed by atoms with E-state index in [-0.39, 0.29) is 0 Å². The summed E-state index contributed by atoms with van der Waals surface area (Å²) in [6, 6.07) is 12.8. The Morgan fingerprint density at radius 2 is 1.87 bits per heavy atom. The number of hydrogen-bond acceptors (Lipinski definition) is 1. The molecule has 15 heavy (non-hydrogen) atoms. The van der Waals surface area contributed by atoms with Gasteiger partial charge in [-0.25, -0.2) is 0 Å². The average Bonchev–Trinajstić information content (AvgIpc) is 2.63. The van der Waals surface area contributed by atoms with Crippen LogP contribution < -0.4 is 0 Å². The van der Waals surface area contributed by atoms with Gasteiger partial charge in [-0.15, -0.1) is 11.8 Å². The third kappa shape index (κ3) is 2.26. The summed E-state index contributed by atoms with van der Waals surface area (Å²) >= 11 is 1.84. The van der Waals surface area contributed by atoms with E-state index in [9.17, 15) is 0 Å². The van der Waals surface area contributed by atoms with Gasteiger partial charge >= 0.3 is 0 Å². The van der Waals surface area contributed by atoms with Crippen molar-refractivity contribution in [1.82, 2.24) is 4.57 Å². The highest BCUT2D eigenvalue weighted by molar-refractivity contribution is 7.97. The Kier molecular flexibility index (Phi) is 3.17. The maximum Gasteiger partial charge on any atom is 0.0676 e. The number of aromatic nitrogens is 1. The molecule has 0 saturated heterocycles. The van der Waals surface area contributed by atoms with Crippen LogP contribution in [0.1, 0.15) is 5.69 Å². The van der Waals surface area contributed by atoms with Crippen LogP contribution >= 0.6 is 11.8 Å². The monoisotopic (exact) mass is 217 g/mol. The molecular weight excluding hydrogens is 202 g/mol. The zero-order valence-corrected chi connectivity index (χ0v) is 9.92. The van der Waals surface area contributed by atoms with Gasteiger partial charge in [-0.2, -0.15) is 0 Å². The molecule has 78 valence electrons. The third-order valence-electron chi connectivity index (χ3n) is 2.49. The first-order valence-electron chi connectivity index (χ1n) is 5.02. The Labute approximate surface area is 95.1 Å². The number of hydrogen-bond donors (Lipinski definition) is 0. The molecule has 1 aromatic carbocycles. The summed E-state index contributed by atoms with van der Waals surface area (Å²) in [7, 11) is 0. The van der Waals surface area contributed by atoms with Crippen LogP contribution in [-0.4, -0.2) is 10.8 Å². The molecule has 0 aliphatic carbocycles. The van der Waals surface area contributed by atoms with Gasteiger partial charge in [0.2, 0.25) is 0 Å². The number of rotatable bonds is 3. The van der Waals surface area contributed by atoms with Crippen molar-refractivity contribution in [2.24, 2.45) is 0 Å². The molecule has 0 fully saturated rings. The maximum atomic E-state index is 2.28. The van der Waals surface area contributed by atoms with E-state index in [0.29, 0.717) is 0 Å². The molecule has 0 unspecified atom stereocenters. The van der Waals surface area contributed by atoms with Crippen molar-refractivity contribution in [3.63, 3.8) is 0 Å². The smallest absolute Gasteiger partial charge is 0.0676 e. The largest absolute Gasteiger partial charge is 0.342 e. The number of thioether (sulfide) groups is 1. The van der Waals surface area contributed by atoms with Crippen LogP contribution in [0.4, 0.5) is 0 Å². The van der Waals surface area contributed by atoms with Crippen molar-refractivity contribution in [1.29, 1.82) is 0 Å². The van der Waals surface area contributed by atoms with E-state index in [4.69, 9.17) is 0 Å². The molecule has 0 atom stereocenters. The van der Waals surface area contributed by atoms with Gasteiger partial charge in [0, 0.05) is 11.9 Å². The number of benzene rings is 1. The van der Waals surface area contributed by atoms with Crippen LogP contribution in [0.2, 0.25) is 0 Å². The van der Waals surface area contributed by atoms with Crippen molar-refractivity contribution in [2.75, 3.05) is 6.26 Å². The molecular formula is C13H15NS. The van der Waals surface area contributed by atoms with Crippen molar-refractivity contribution in [2.45, 2.75) is 12.8 Å². The van der Waals surface area contributed by atoms with Crippen molar-refractivity contribution < 1.29 is 0 Å². The fraction of sp³-hybridized carbons (Fsp3) is 0.231. The zero-order chi connectivity index (χ0) is 10.7. The van der Waals surface area contributed by atoms with E-state index in [2.05, 4.69) is 60.3 Å². The quantitative estimate of drug-likeness (QED) is 0.757. The Balaban J connectivity index is 2.34. The molecule has 1 nitrogen and oxygen atoms in total. The second-order valence-corrected chi connectivity index (χ2v) is 4.46. The lowest BCUT2D eigenvalue weighted by molar-refractivity contribution is 0.863. The molecule has 1 aromatic heterocycles. The fourth-order valence-electron chi connectivity index (χ4n) is 1.68. The highest BCUT2D eigenvalue weighted by Gasteiger charge is 2.02. The van der Waals surface area contributed by atoms with Crippen molar-refractivity contribution >= 4 is 11.8 Å². The van der Waals surface area contributed by atoms with Gasteiger partial charge in [0.1, 0.15) is 0 Å². The zero-order valence-electron chi connectivity index (χ0n) is 9.10. The lowest BCUT2D eigenvalue weighted by Crippen LogP contribution is -1.92. The molecule has 0 aliphatic rings. The molecule has 0 N–H and O–H groups in total. The first-order valence-corrected chi connectivity index (χ1v) is 6.42. The van der Waals surface area contributed by atoms with E-state index >= 15 is 0 Å². The molecule has 2 rings (SSSR count). The maximum absolute atomic E-state index is 2.28. The second kappa shape index (κ2) is 4.58. The minimum Gasteiger partial charge on any atom is -0.342 e. The average molecular weight is 217 g/mol. The number of aryl methyl sites for hydroxylation is 1. The van der Waals surface area contributed by atoms with Crippen molar-refractivity contribution in [3.8, 4) is 11.1 Å². The minimum absolute atomic E-state index is 1.03. The Bertz CT molecular complexity index is 431.